The molecule has 0 aromatic heterocycles. The number of amides is 2. The van der Waals surface area contributed by atoms with E-state index in [9.17, 15) is 4.79 Å². The van der Waals surface area contributed by atoms with Gasteiger partial charge in [-0.05, 0) is 12.8 Å². The van der Waals surface area contributed by atoms with Crippen LogP contribution in [0.1, 0.15) is 25.7 Å². The molecular weight excluding hydrogens is 152 g/mol. The second-order valence-electron chi connectivity index (χ2n) is 3.69. The molecule has 1 fully saturated rings. The van der Waals surface area contributed by atoms with E-state index < -0.39 is 0 Å². The Morgan fingerprint density at radius 2 is 2.25 bits per heavy atom. The average Bonchev–Trinajstić information content (AvgIpc) is 2.12. The van der Waals surface area contributed by atoms with Crippen LogP contribution in [-0.4, -0.2) is 30.2 Å². The number of aliphatic imine (C=N–C) groups is 1. The Kier molecular flexibility index (Phi) is 1.87. The van der Waals surface area contributed by atoms with Gasteiger partial charge in [0.15, 0.2) is 0 Å². The summed E-state index contributed by atoms with van der Waals surface area (Å²) in [6.07, 6.45) is 6.75. The Bertz CT molecular complexity index is 225. The molecule has 66 valence electrons. The lowest BCUT2D eigenvalue weighted by Crippen LogP contribution is -2.46. The van der Waals surface area contributed by atoms with E-state index >= 15 is 0 Å². The Hall–Kier alpha value is -0.860. The third-order valence-corrected chi connectivity index (χ3v) is 2.96. The maximum Gasteiger partial charge on any atom is 0.343 e. The van der Waals surface area contributed by atoms with Gasteiger partial charge in [-0.25, -0.2) is 9.79 Å². The Morgan fingerprint density at radius 3 is 3.08 bits per heavy atom. The molecule has 2 atom stereocenters. The Morgan fingerprint density at radius 1 is 1.50 bits per heavy atom. The second-order valence-corrected chi connectivity index (χ2v) is 3.69. The highest BCUT2D eigenvalue weighted by Gasteiger charge is 2.32. The van der Waals surface area contributed by atoms with E-state index in [1.165, 1.54) is 19.3 Å². The minimum atomic E-state index is -0.0712. The van der Waals surface area contributed by atoms with Gasteiger partial charge >= 0.3 is 6.03 Å². The van der Waals surface area contributed by atoms with Crippen molar-refractivity contribution < 1.29 is 4.79 Å². The van der Waals surface area contributed by atoms with Gasteiger partial charge in [0.25, 0.3) is 0 Å². The fourth-order valence-electron chi connectivity index (χ4n) is 2.19. The first-order valence-corrected chi connectivity index (χ1v) is 4.60. The van der Waals surface area contributed by atoms with Crippen molar-refractivity contribution in [3.8, 4) is 0 Å². The SMILES string of the molecule is CN1C(=O)N=CC2CCCCC21. The van der Waals surface area contributed by atoms with Gasteiger partial charge in [-0.2, -0.15) is 0 Å². The molecule has 0 radical (unpaired) electrons. The van der Waals surface area contributed by atoms with E-state index in [2.05, 4.69) is 4.99 Å². The Labute approximate surface area is 72.5 Å². The third-order valence-electron chi connectivity index (χ3n) is 2.96. The molecule has 0 spiro atoms. The molecule has 1 saturated carbocycles. The van der Waals surface area contributed by atoms with Crippen molar-refractivity contribution in [2.24, 2.45) is 10.9 Å². The summed E-state index contributed by atoms with van der Waals surface area (Å²) in [6, 6.07) is 0.363. The minimum absolute atomic E-state index is 0.0712. The molecule has 0 saturated heterocycles. The van der Waals surface area contributed by atoms with Crippen molar-refractivity contribution in [3.05, 3.63) is 0 Å². The summed E-state index contributed by atoms with van der Waals surface area (Å²) < 4.78 is 0. The largest absolute Gasteiger partial charge is 0.343 e. The highest BCUT2D eigenvalue weighted by atomic mass is 16.2. The van der Waals surface area contributed by atoms with Crippen LogP contribution in [-0.2, 0) is 0 Å². The van der Waals surface area contributed by atoms with Gasteiger partial charge in [-0.3, -0.25) is 0 Å². The van der Waals surface area contributed by atoms with Crippen LogP contribution in [0.5, 0.6) is 0 Å². The number of rotatable bonds is 0. The van der Waals surface area contributed by atoms with Crippen LogP contribution in [0.3, 0.4) is 0 Å². The molecule has 2 unspecified atom stereocenters. The molecule has 0 aromatic rings. The highest BCUT2D eigenvalue weighted by Crippen LogP contribution is 2.29. The molecule has 2 amide bonds. The normalized spacial score (nSPS) is 35.1. The van der Waals surface area contributed by atoms with Gasteiger partial charge in [0, 0.05) is 25.2 Å². The first-order valence-electron chi connectivity index (χ1n) is 4.60. The third kappa shape index (κ3) is 1.13. The van der Waals surface area contributed by atoms with Crippen LogP contribution in [0.2, 0.25) is 0 Å². The lowest BCUT2D eigenvalue weighted by molar-refractivity contribution is 0.162. The quantitative estimate of drug-likeness (QED) is 0.539. The Balaban J connectivity index is 2.18. The highest BCUT2D eigenvalue weighted by molar-refractivity contribution is 5.87. The van der Waals surface area contributed by atoms with Crippen molar-refractivity contribution in [3.63, 3.8) is 0 Å². The molecular formula is C9H14N2O. The van der Waals surface area contributed by atoms with Crippen LogP contribution < -0.4 is 0 Å². The van der Waals surface area contributed by atoms with Gasteiger partial charge in [0.1, 0.15) is 0 Å². The first-order chi connectivity index (χ1) is 5.79. The first kappa shape index (κ1) is 7.77. The maximum absolute atomic E-state index is 11.2. The predicted octanol–water partition coefficient (Wildman–Crippen LogP) is 1.68. The number of hydrogen-bond donors (Lipinski definition) is 0. The monoisotopic (exact) mass is 166 g/mol. The topological polar surface area (TPSA) is 32.7 Å². The summed E-state index contributed by atoms with van der Waals surface area (Å²) in [4.78, 5) is 16.8. The van der Waals surface area contributed by atoms with E-state index in [0.717, 1.165) is 6.42 Å². The zero-order valence-corrected chi connectivity index (χ0v) is 7.36. The van der Waals surface area contributed by atoms with Crippen molar-refractivity contribution >= 4 is 12.2 Å². The summed E-state index contributed by atoms with van der Waals surface area (Å²) in [5.41, 5.74) is 0. The summed E-state index contributed by atoms with van der Waals surface area (Å²) in [7, 11) is 1.86. The summed E-state index contributed by atoms with van der Waals surface area (Å²) in [6.45, 7) is 0. The molecule has 2 aliphatic rings. The zero-order chi connectivity index (χ0) is 8.55. The summed E-state index contributed by atoms with van der Waals surface area (Å²) >= 11 is 0. The van der Waals surface area contributed by atoms with Gasteiger partial charge in [-0.15, -0.1) is 0 Å². The molecule has 2 rings (SSSR count). The van der Waals surface area contributed by atoms with Crippen molar-refractivity contribution in [2.75, 3.05) is 7.05 Å². The van der Waals surface area contributed by atoms with Crippen LogP contribution in [0, 0.1) is 5.92 Å². The molecule has 1 aliphatic heterocycles. The number of fused-ring (bicyclic) bond motifs is 1. The lowest BCUT2D eigenvalue weighted by Gasteiger charge is -2.37. The fraction of sp³-hybridized carbons (Fsp3) is 0.778. The smallest absolute Gasteiger partial charge is 0.322 e. The van der Waals surface area contributed by atoms with Crippen LogP contribution >= 0.6 is 0 Å². The molecule has 0 bridgehead atoms. The number of carbonyl (C=O) groups excluding carboxylic acids is 1. The van der Waals surface area contributed by atoms with Crippen molar-refractivity contribution in [1.82, 2.24) is 4.90 Å². The van der Waals surface area contributed by atoms with Crippen molar-refractivity contribution in [1.29, 1.82) is 0 Å². The molecule has 12 heavy (non-hydrogen) atoms. The second kappa shape index (κ2) is 2.88. The van der Waals surface area contributed by atoms with Crippen LogP contribution in [0.4, 0.5) is 4.79 Å². The van der Waals surface area contributed by atoms with E-state index in [1.807, 2.05) is 13.3 Å². The average molecular weight is 166 g/mol. The number of nitrogens with zero attached hydrogens (tertiary/aromatic N) is 2. The zero-order valence-electron chi connectivity index (χ0n) is 7.36. The fourth-order valence-corrected chi connectivity index (χ4v) is 2.19. The number of hydrogen-bond acceptors (Lipinski definition) is 1. The van der Waals surface area contributed by atoms with E-state index in [0.29, 0.717) is 12.0 Å². The van der Waals surface area contributed by atoms with Gasteiger partial charge < -0.3 is 4.90 Å². The predicted molar refractivity (Wildman–Crippen MR) is 47.4 cm³/mol. The van der Waals surface area contributed by atoms with Gasteiger partial charge in [0.05, 0.1) is 0 Å². The summed E-state index contributed by atoms with van der Waals surface area (Å²) in [5.74, 6) is 0.529. The number of carbonyl (C=O) groups is 1. The van der Waals surface area contributed by atoms with Crippen molar-refractivity contribution in [2.45, 2.75) is 31.7 Å². The number of urea groups is 1. The molecule has 0 aromatic carbocycles. The molecule has 1 heterocycles. The summed E-state index contributed by atoms with van der Waals surface area (Å²) in [5, 5.41) is 0. The van der Waals surface area contributed by atoms with E-state index in [-0.39, 0.29) is 6.03 Å². The van der Waals surface area contributed by atoms with E-state index in [1.54, 1.807) is 4.90 Å². The van der Waals surface area contributed by atoms with Gasteiger partial charge in [-0.1, -0.05) is 12.8 Å². The molecule has 3 nitrogen and oxygen atoms in total. The molecule has 3 heteroatoms. The van der Waals surface area contributed by atoms with E-state index in [4.69, 9.17) is 0 Å². The minimum Gasteiger partial charge on any atom is -0.322 e. The standard InChI is InChI=1S/C9H14N2O/c1-11-8-5-3-2-4-7(8)6-10-9(11)12/h6-8H,2-5H2,1H3. The molecule has 1 aliphatic carbocycles. The van der Waals surface area contributed by atoms with Crippen LogP contribution in [0.15, 0.2) is 4.99 Å². The van der Waals surface area contributed by atoms with Crippen LogP contribution in [0.25, 0.3) is 0 Å². The lowest BCUT2D eigenvalue weighted by atomic mass is 9.84. The molecule has 0 N–H and O–H groups in total. The maximum atomic E-state index is 11.2. The van der Waals surface area contributed by atoms with Gasteiger partial charge in [0.2, 0.25) is 0 Å².